The molecule has 2 aromatic rings. The van der Waals surface area contributed by atoms with E-state index >= 15 is 0 Å². The van der Waals surface area contributed by atoms with Crippen molar-refractivity contribution in [3.63, 3.8) is 0 Å². The number of hydrogen-bond acceptors (Lipinski definition) is 7. The summed E-state index contributed by atoms with van der Waals surface area (Å²) in [7, 11) is 3.80. The van der Waals surface area contributed by atoms with Gasteiger partial charge in [0.1, 0.15) is 12.4 Å². The minimum Gasteiger partial charge on any atom is -0.492 e. The summed E-state index contributed by atoms with van der Waals surface area (Å²) in [5.41, 5.74) is 1.37. The third kappa shape index (κ3) is 7.57. The van der Waals surface area contributed by atoms with Crippen molar-refractivity contribution in [2.24, 2.45) is 0 Å². The summed E-state index contributed by atoms with van der Waals surface area (Å²) >= 11 is 0. The van der Waals surface area contributed by atoms with Crippen LogP contribution in [0.4, 0.5) is 0 Å². The summed E-state index contributed by atoms with van der Waals surface area (Å²) in [5, 5.41) is 6.35. The molecule has 3 rings (SSSR count). The van der Waals surface area contributed by atoms with E-state index in [1.165, 1.54) is 0 Å². The highest BCUT2D eigenvalue weighted by Crippen LogP contribution is 2.19. The lowest BCUT2D eigenvalue weighted by molar-refractivity contribution is 0.0929. The van der Waals surface area contributed by atoms with Crippen molar-refractivity contribution in [1.29, 1.82) is 0 Å². The van der Waals surface area contributed by atoms with Gasteiger partial charge in [0.25, 0.3) is 5.91 Å². The molecular formula is C23H33N5O3. The molecule has 0 spiro atoms. The lowest BCUT2D eigenvalue weighted by Crippen LogP contribution is -2.42. The van der Waals surface area contributed by atoms with Crippen LogP contribution in [0.5, 0.6) is 5.75 Å². The standard InChI is InChI=1S/C23H33N5O3/c1-28(12-3-14-30-2)13-15-31-21-6-4-18(5-7-21)22-25-16-19(17-26-22)23(29)27-20-8-10-24-11-9-20/h4-7,16-17,20,24H,3,8-15H2,1-2H3,(H,27,29). The second-order valence-corrected chi connectivity index (χ2v) is 7.82. The molecule has 2 heterocycles. The number of benzene rings is 1. The zero-order valence-electron chi connectivity index (χ0n) is 18.5. The Morgan fingerprint density at radius 1 is 1.13 bits per heavy atom. The van der Waals surface area contributed by atoms with Crippen LogP contribution in [0.1, 0.15) is 29.6 Å². The lowest BCUT2D eigenvalue weighted by atomic mass is 10.1. The molecule has 8 heteroatoms. The van der Waals surface area contributed by atoms with Gasteiger partial charge in [-0.25, -0.2) is 9.97 Å². The molecule has 0 aliphatic carbocycles. The number of carbonyl (C=O) groups is 1. The molecule has 0 radical (unpaired) electrons. The molecule has 8 nitrogen and oxygen atoms in total. The predicted molar refractivity (Wildman–Crippen MR) is 120 cm³/mol. The Bertz CT molecular complexity index is 792. The number of aromatic nitrogens is 2. The minimum atomic E-state index is -0.116. The van der Waals surface area contributed by atoms with Gasteiger partial charge in [0.15, 0.2) is 5.82 Å². The number of nitrogens with one attached hydrogen (secondary N) is 2. The first-order valence-corrected chi connectivity index (χ1v) is 10.9. The second kappa shape index (κ2) is 12.3. The normalized spacial score (nSPS) is 14.5. The molecular weight excluding hydrogens is 394 g/mol. The Balaban J connectivity index is 1.46. The third-order valence-electron chi connectivity index (χ3n) is 5.33. The first-order valence-electron chi connectivity index (χ1n) is 10.9. The molecule has 1 amide bonds. The van der Waals surface area contributed by atoms with Crippen LogP contribution in [-0.4, -0.2) is 80.4 Å². The van der Waals surface area contributed by atoms with E-state index in [0.29, 0.717) is 18.0 Å². The summed E-state index contributed by atoms with van der Waals surface area (Å²) in [5.74, 6) is 1.28. The molecule has 1 aliphatic heterocycles. The average Bonchev–Trinajstić information content (AvgIpc) is 2.80. The monoisotopic (exact) mass is 427 g/mol. The summed E-state index contributed by atoms with van der Waals surface area (Å²) in [4.78, 5) is 23.4. The molecule has 168 valence electrons. The second-order valence-electron chi connectivity index (χ2n) is 7.82. The Morgan fingerprint density at radius 2 is 1.84 bits per heavy atom. The molecule has 2 N–H and O–H groups in total. The molecule has 1 aromatic carbocycles. The molecule has 0 saturated carbocycles. The third-order valence-corrected chi connectivity index (χ3v) is 5.33. The molecule has 1 saturated heterocycles. The van der Waals surface area contributed by atoms with Crippen LogP contribution >= 0.6 is 0 Å². The van der Waals surface area contributed by atoms with Crippen LogP contribution < -0.4 is 15.4 Å². The van der Waals surface area contributed by atoms with Gasteiger partial charge in [-0.3, -0.25) is 4.79 Å². The highest BCUT2D eigenvalue weighted by Gasteiger charge is 2.17. The van der Waals surface area contributed by atoms with Crippen molar-refractivity contribution < 1.29 is 14.3 Å². The first kappa shape index (κ1) is 23.1. The molecule has 31 heavy (non-hydrogen) atoms. The maximum absolute atomic E-state index is 12.4. The largest absolute Gasteiger partial charge is 0.492 e. The number of rotatable bonds is 11. The van der Waals surface area contributed by atoms with Crippen molar-refractivity contribution >= 4 is 5.91 Å². The fourth-order valence-corrected chi connectivity index (χ4v) is 3.44. The van der Waals surface area contributed by atoms with E-state index in [-0.39, 0.29) is 11.9 Å². The zero-order valence-corrected chi connectivity index (χ0v) is 18.5. The topological polar surface area (TPSA) is 88.6 Å². The maximum Gasteiger partial charge on any atom is 0.254 e. The smallest absolute Gasteiger partial charge is 0.254 e. The van der Waals surface area contributed by atoms with Crippen molar-refractivity contribution in [3.05, 3.63) is 42.2 Å². The van der Waals surface area contributed by atoms with Gasteiger partial charge >= 0.3 is 0 Å². The predicted octanol–water partition coefficient (Wildman–Crippen LogP) is 1.97. The van der Waals surface area contributed by atoms with Crippen molar-refractivity contribution in [2.75, 3.05) is 53.6 Å². The Hall–Kier alpha value is -2.55. The molecule has 0 unspecified atom stereocenters. The van der Waals surface area contributed by atoms with Crippen molar-refractivity contribution in [1.82, 2.24) is 25.5 Å². The minimum absolute atomic E-state index is 0.116. The van der Waals surface area contributed by atoms with Crippen LogP contribution in [0.3, 0.4) is 0 Å². The van der Waals surface area contributed by atoms with E-state index in [2.05, 4.69) is 32.5 Å². The van der Waals surface area contributed by atoms with Gasteiger partial charge in [0, 0.05) is 50.8 Å². The fourth-order valence-electron chi connectivity index (χ4n) is 3.44. The Kier molecular flexibility index (Phi) is 9.20. The molecule has 1 aromatic heterocycles. The van der Waals surface area contributed by atoms with Gasteiger partial charge < -0.3 is 25.0 Å². The number of ether oxygens (including phenoxy) is 2. The quantitative estimate of drug-likeness (QED) is 0.530. The van der Waals surface area contributed by atoms with Crippen LogP contribution in [0.25, 0.3) is 11.4 Å². The Labute approximate surface area is 184 Å². The van der Waals surface area contributed by atoms with Crippen LogP contribution in [0.15, 0.2) is 36.7 Å². The number of hydrogen-bond donors (Lipinski definition) is 2. The van der Waals surface area contributed by atoms with E-state index in [9.17, 15) is 4.79 Å². The number of likely N-dealkylation sites (N-methyl/N-ethyl adjacent to an activating group) is 1. The van der Waals surface area contributed by atoms with E-state index in [1.807, 2.05) is 24.3 Å². The SMILES string of the molecule is COCCCN(C)CCOc1ccc(-c2ncc(C(=O)NC3CCNCC3)cn2)cc1. The highest BCUT2D eigenvalue weighted by molar-refractivity contribution is 5.93. The Morgan fingerprint density at radius 3 is 2.52 bits per heavy atom. The van der Waals surface area contributed by atoms with Gasteiger partial charge in [0.05, 0.1) is 5.56 Å². The molecule has 0 atom stereocenters. The maximum atomic E-state index is 12.4. The van der Waals surface area contributed by atoms with E-state index in [0.717, 1.165) is 63.4 Å². The molecule has 1 aliphatic rings. The first-order chi connectivity index (χ1) is 15.2. The van der Waals surface area contributed by atoms with E-state index in [4.69, 9.17) is 9.47 Å². The van der Waals surface area contributed by atoms with Crippen molar-refractivity contribution in [3.8, 4) is 17.1 Å². The number of nitrogens with zero attached hydrogens (tertiary/aromatic N) is 3. The number of carbonyl (C=O) groups excluding carboxylic acids is 1. The molecule has 1 fully saturated rings. The van der Waals surface area contributed by atoms with E-state index < -0.39 is 0 Å². The average molecular weight is 428 g/mol. The number of methoxy groups -OCH3 is 1. The van der Waals surface area contributed by atoms with E-state index in [1.54, 1.807) is 19.5 Å². The lowest BCUT2D eigenvalue weighted by Gasteiger charge is -2.23. The fraction of sp³-hybridized carbons (Fsp3) is 0.522. The summed E-state index contributed by atoms with van der Waals surface area (Å²) in [6.07, 6.45) is 6.08. The van der Waals surface area contributed by atoms with Crippen LogP contribution in [-0.2, 0) is 4.74 Å². The zero-order chi connectivity index (χ0) is 21.9. The number of amides is 1. The van der Waals surface area contributed by atoms with Gasteiger partial charge in [-0.2, -0.15) is 0 Å². The summed E-state index contributed by atoms with van der Waals surface area (Å²) in [6.45, 7) is 5.12. The summed E-state index contributed by atoms with van der Waals surface area (Å²) in [6, 6.07) is 7.91. The number of piperidine rings is 1. The van der Waals surface area contributed by atoms with Gasteiger partial charge in [-0.15, -0.1) is 0 Å². The summed E-state index contributed by atoms with van der Waals surface area (Å²) < 4.78 is 10.9. The van der Waals surface area contributed by atoms with Crippen LogP contribution in [0, 0.1) is 0 Å². The van der Waals surface area contributed by atoms with Crippen LogP contribution in [0.2, 0.25) is 0 Å². The van der Waals surface area contributed by atoms with Gasteiger partial charge in [-0.05, 0) is 63.7 Å². The van der Waals surface area contributed by atoms with Gasteiger partial charge in [0.2, 0.25) is 0 Å². The highest BCUT2D eigenvalue weighted by atomic mass is 16.5. The van der Waals surface area contributed by atoms with Crippen molar-refractivity contribution in [2.45, 2.75) is 25.3 Å². The van der Waals surface area contributed by atoms with Gasteiger partial charge in [-0.1, -0.05) is 0 Å². The molecule has 0 bridgehead atoms.